The van der Waals surface area contributed by atoms with E-state index in [9.17, 15) is 0 Å². The number of anilines is 1. The zero-order chi connectivity index (χ0) is 12.8. The molecule has 5 heteroatoms. The van der Waals surface area contributed by atoms with Gasteiger partial charge in [-0.15, -0.1) is 0 Å². The molecule has 0 aliphatic carbocycles. The van der Waals surface area contributed by atoms with Crippen LogP contribution in [0.25, 0.3) is 0 Å². The minimum atomic E-state index is 0.280. The Morgan fingerprint density at radius 3 is 3.06 bits per heavy atom. The van der Waals surface area contributed by atoms with Crippen molar-refractivity contribution < 1.29 is 9.47 Å². The average Bonchev–Trinajstić information content (AvgIpc) is 2.90. The number of hydrogen-bond donors (Lipinski definition) is 2. The van der Waals surface area contributed by atoms with E-state index in [4.69, 9.17) is 21.7 Å². The van der Waals surface area contributed by atoms with Crippen molar-refractivity contribution in [3.8, 4) is 5.75 Å². The van der Waals surface area contributed by atoms with Crippen molar-refractivity contribution in [1.29, 1.82) is 0 Å². The van der Waals surface area contributed by atoms with Crippen LogP contribution in [0, 0.1) is 0 Å². The van der Waals surface area contributed by atoms with Gasteiger partial charge in [0.25, 0.3) is 0 Å². The fourth-order valence-corrected chi connectivity index (χ4v) is 2.12. The Hall–Kier alpha value is -1.33. The molecule has 1 unspecified atom stereocenters. The Bertz CT molecular complexity index is 406. The Balaban J connectivity index is 1.82. The first-order valence-electron chi connectivity index (χ1n) is 6.09. The van der Waals surface area contributed by atoms with Gasteiger partial charge in [-0.2, -0.15) is 0 Å². The molecule has 1 aromatic rings. The molecule has 2 rings (SSSR count). The van der Waals surface area contributed by atoms with Crippen molar-refractivity contribution in [2.24, 2.45) is 0 Å². The van der Waals surface area contributed by atoms with E-state index in [2.05, 4.69) is 10.6 Å². The third-order valence-electron chi connectivity index (χ3n) is 2.87. The SMILES string of the molecule is COc1ccccc1NC(=S)NCC1CCCO1. The maximum Gasteiger partial charge on any atom is 0.170 e. The predicted octanol–water partition coefficient (Wildman–Crippen LogP) is 2.16. The molecule has 1 saturated heterocycles. The number of rotatable bonds is 4. The number of thiocarbonyl (C=S) groups is 1. The molecule has 4 nitrogen and oxygen atoms in total. The van der Waals surface area contributed by atoms with Gasteiger partial charge >= 0.3 is 0 Å². The van der Waals surface area contributed by atoms with Gasteiger partial charge in [-0.05, 0) is 37.2 Å². The van der Waals surface area contributed by atoms with Crippen LogP contribution in [0.1, 0.15) is 12.8 Å². The van der Waals surface area contributed by atoms with Crippen molar-refractivity contribution in [1.82, 2.24) is 5.32 Å². The Morgan fingerprint density at radius 1 is 1.50 bits per heavy atom. The first-order chi connectivity index (χ1) is 8.79. The van der Waals surface area contributed by atoms with Gasteiger partial charge in [-0.1, -0.05) is 12.1 Å². The summed E-state index contributed by atoms with van der Waals surface area (Å²) in [5.74, 6) is 0.777. The topological polar surface area (TPSA) is 42.5 Å². The van der Waals surface area contributed by atoms with Crippen LogP contribution in [-0.2, 0) is 4.74 Å². The molecule has 1 heterocycles. The average molecular weight is 266 g/mol. The Morgan fingerprint density at radius 2 is 2.33 bits per heavy atom. The van der Waals surface area contributed by atoms with Gasteiger partial charge < -0.3 is 20.1 Å². The van der Waals surface area contributed by atoms with Crippen molar-refractivity contribution >= 4 is 23.0 Å². The molecule has 0 aromatic heterocycles. The van der Waals surface area contributed by atoms with Crippen LogP contribution < -0.4 is 15.4 Å². The minimum Gasteiger partial charge on any atom is -0.495 e. The first-order valence-corrected chi connectivity index (χ1v) is 6.50. The number of hydrogen-bond acceptors (Lipinski definition) is 3. The largest absolute Gasteiger partial charge is 0.495 e. The van der Waals surface area contributed by atoms with Gasteiger partial charge in [0.2, 0.25) is 0 Å². The lowest BCUT2D eigenvalue weighted by Crippen LogP contribution is -2.34. The normalized spacial score (nSPS) is 18.4. The number of ether oxygens (including phenoxy) is 2. The molecule has 1 fully saturated rings. The van der Waals surface area contributed by atoms with E-state index < -0.39 is 0 Å². The fraction of sp³-hybridized carbons (Fsp3) is 0.462. The smallest absolute Gasteiger partial charge is 0.170 e. The molecule has 1 aliphatic heterocycles. The van der Waals surface area contributed by atoms with E-state index in [0.717, 1.165) is 37.4 Å². The highest BCUT2D eigenvalue weighted by molar-refractivity contribution is 7.80. The van der Waals surface area contributed by atoms with Crippen molar-refractivity contribution in [2.45, 2.75) is 18.9 Å². The van der Waals surface area contributed by atoms with E-state index in [-0.39, 0.29) is 6.10 Å². The second kappa shape index (κ2) is 6.56. The molecule has 1 atom stereocenters. The molecule has 0 spiro atoms. The van der Waals surface area contributed by atoms with Crippen LogP contribution >= 0.6 is 12.2 Å². The monoisotopic (exact) mass is 266 g/mol. The summed E-state index contributed by atoms with van der Waals surface area (Å²) in [5, 5.41) is 6.88. The van der Waals surface area contributed by atoms with Crippen LogP contribution in [-0.4, -0.2) is 31.5 Å². The highest BCUT2D eigenvalue weighted by Crippen LogP contribution is 2.22. The molecule has 2 N–H and O–H groups in total. The molecular weight excluding hydrogens is 248 g/mol. The molecule has 1 aromatic carbocycles. The summed E-state index contributed by atoms with van der Waals surface area (Å²) in [4.78, 5) is 0. The van der Waals surface area contributed by atoms with Crippen LogP contribution in [0.3, 0.4) is 0 Å². The van der Waals surface area contributed by atoms with Gasteiger partial charge in [-0.3, -0.25) is 0 Å². The number of para-hydroxylation sites is 2. The predicted molar refractivity (Wildman–Crippen MR) is 76.2 cm³/mol. The lowest BCUT2D eigenvalue weighted by molar-refractivity contribution is 0.114. The summed E-state index contributed by atoms with van der Waals surface area (Å²) < 4.78 is 10.8. The Labute approximate surface area is 113 Å². The zero-order valence-electron chi connectivity index (χ0n) is 10.4. The van der Waals surface area contributed by atoms with E-state index in [1.165, 1.54) is 0 Å². The lowest BCUT2D eigenvalue weighted by atomic mass is 10.2. The molecule has 0 amide bonds. The van der Waals surface area contributed by atoms with Gasteiger partial charge in [-0.25, -0.2) is 0 Å². The molecule has 0 bridgehead atoms. The van der Waals surface area contributed by atoms with E-state index in [1.54, 1.807) is 7.11 Å². The van der Waals surface area contributed by atoms with Crippen LogP contribution in [0.5, 0.6) is 5.75 Å². The van der Waals surface area contributed by atoms with Crippen molar-refractivity contribution in [3.05, 3.63) is 24.3 Å². The first kappa shape index (κ1) is 13.1. The highest BCUT2D eigenvalue weighted by atomic mass is 32.1. The molecule has 0 radical (unpaired) electrons. The minimum absolute atomic E-state index is 0.280. The summed E-state index contributed by atoms with van der Waals surface area (Å²) in [6, 6.07) is 7.68. The standard InChI is InChI=1S/C13H18N2O2S/c1-16-12-7-3-2-6-11(12)15-13(18)14-9-10-5-4-8-17-10/h2-3,6-7,10H,4-5,8-9H2,1H3,(H2,14,15,18). The highest BCUT2D eigenvalue weighted by Gasteiger charge is 2.15. The van der Waals surface area contributed by atoms with Gasteiger partial charge in [0.15, 0.2) is 5.11 Å². The second-order valence-corrected chi connectivity index (χ2v) is 4.58. The van der Waals surface area contributed by atoms with Gasteiger partial charge in [0.1, 0.15) is 5.75 Å². The maximum absolute atomic E-state index is 5.52. The van der Waals surface area contributed by atoms with Gasteiger partial charge in [0.05, 0.1) is 18.9 Å². The second-order valence-electron chi connectivity index (χ2n) is 4.17. The van der Waals surface area contributed by atoms with Crippen LogP contribution in [0.2, 0.25) is 0 Å². The Kier molecular flexibility index (Phi) is 4.78. The van der Waals surface area contributed by atoms with E-state index in [1.807, 2.05) is 24.3 Å². The van der Waals surface area contributed by atoms with E-state index >= 15 is 0 Å². The molecule has 18 heavy (non-hydrogen) atoms. The quantitative estimate of drug-likeness (QED) is 0.818. The number of methoxy groups -OCH3 is 1. The molecule has 0 saturated carbocycles. The third kappa shape index (κ3) is 3.58. The fourth-order valence-electron chi connectivity index (χ4n) is 1.93. The summed E-state index contributed by atoms with van der Waals surface area (Å²) in [6.45, 7) is 1.61. The number of nitrogens with one attached hydrogen (secondary N) is 2. The third-order valence-corrected chi connectivity index (χ3v) is 3.12. The zero-order valence-corrected chi connectivity index (χ0v) is 11.3. The van der Waals surface area contributed by atoms with Crippen LogP contribution in [0.4, 0.5) is 5.69 Å². The van der Waals surface area contributed by atoms with Crippen molar-refractivity contribution in [2.75, 3.05) is 25.6 Å². The molecular formula is C13H18N2O2S. The lowest BCUT2D eigenvalue weighted by Gasteiger charge is -2.15. The molecule has 1 aliphatic rings. The number of benzene rings is 1. The molecule has 98 valence electrons. The summed E-state index contributed by atoms with van der Waals surface area (Å²) in [7, 11) is 1.64. The summed E-state index contributed by atoms with van der Waals surface area (Å²) in [5.41, 5.74) is 0.866. The van der Waals surface area contributed by atoms with Crippen molar-refractivity contribution in [3.63, 3.8) is 0 Å². The summed E-state index contributed by atoms with van der Waals surface area (Å²) in [6.07, 6.45) is 2.52. The van der Waals surface area contributed by atoms with E-state index in [0.29, 0.717) is 5.11 Å². The summed E-state index contributed by atoms with van der Waals surface area (Å²) >= 11 is 5.24. The van der Waals surface area contributed by atoms with Gasteiger partial charge in [0, 0.05) is 13.2 Å². The maximum atomic E-state index is 5.52. The van der Waals surface area contributed by atoms with Crippen LogP contribution in [0.15, 0.2) is 24.3 Å².